The van der Waals surface area contributed by atoms with Crippen molar-refractivity contribution in [3.63, 3.8) is 0 Å². The molecule has 90 valence electrons. The summed E-state index contributed by atoms with van der Waals surface area (Å²) < 4.78 is 11.4. The molecule has 15 heavy (non-hydrogen) atoms. The minimum absolute atomic E-state index is 0.307. The first kappa shape index (κ1) is 13.5. The molecule has 1 aliphatic rings. The van der Waals surface area contributed by atoms with E-state index in [2.05, 4.69) is 36.7 Å². The van der Waals surface area contributed by atoms with Crippen molar-refractivity contribution in [2.75, 3.05) is 25.2 Å². The smallest absolute Gasteiger partial charge is 0.0570 e. The molecule has 0 aromatic carbocycles. The molecule has 0 saturated carbocycles. The summed E-state index contributed by atoms with van der Waals surface area (Å²) in [4.78, 5) is 0. The van der Waals surface area contributed by atoms with E-state index in [0.29, 0.717) is 17.4 Å². The van der Waals surface area contributed by atoms with Crippen molar-refractivity contribution in [3.8, 4) is 0 Å². The molecule has 1 unspecified atom stereocenters. The Morgan fingerprint density at radius 3 is 2.33 bits per heavy atom. The lowest BCUT2D eigenvalue weighted by Gasteiger charge is -2.36. The Labute approximate surface area is 102 Å². The first-order chi connectivity index (χ1) is 7.09. The van der Waals surface area contributed by atoms with E-state index in [1.165, 1.54) is 0 Å². The predicted octanol–water partition coefficient (Wildman–Crippen LogP) is 3.24. The maximum absolute atomic E-state index is 5.95. The third-order valence-corrected chi connectivity index (χ3v) is 4.62. The van der Waals surface area contributed by atoms with Gasteiger partial charge in [-0.15, -0.1) is 0 Å². The first-order valence-corrected chi connectivity index (χ1v) is 6.97. The Morgan fingerprint density at radius 2 is 1.87 bits per heavy atom. The van der Waals surface area contributed by atoms with E-state index in [1.807, 2.05) is 0 Å². The molecule has 3 heteroatoms. The summed E-state index contributed by atoms with van der Waals surface area (Å²) in [7, 11) is 0. The highest BCUT2D eigenvalue weighted by molar-refractivity contribution is 9.09. The summed E-state index contributed by atoms with van der Waals surface area (Å²) >= 11 is 3.62. The molecule has 1 fully saturated rings. The van der Waals surface area contributed by atoms with Crippen LogP contribution in [-0.2, 0) is 9.47 Å². The van der Waals surface area contributed by atoms with Crippen molar-refractivity contribution < 1.29 is 9.47 Å². The standard InChI is InChI=1S/C12H23BrO2/c1-10(2)11(3)15-9-12(8-13)4-6-14-7-5-12/h10-11H,4-9H2,1-3H3. The van der Waals surface area contributed by atoms with E-state index >= 15 is 0 Å². The van der Waals surface area contributed by atoms with Gasteiger partial charge in [0.1, 0.15) is 0 Å². The molecule has 0 bridgehead atoms. The fourth-order valence-electron chi connectivity index (χ4n) is 1.62. The van der Waals surface area contributed by atoms with Gasteiger partial charge in [0.15, 0.2) is 0 Å². The second-order valence-electron chi connectivity index (χ2n) is 5.01. The summed E-state index contributed by atoms with van der Waals surface area (Å²) in [6, 6.07) is 0. The zero-order valence-electron chi connectivity index (χ0n) is 10.1. The van der Waals surface area contributed by atoms with Gasteiger partial charge in [0, 0.05) is 24.0 Å². The molecule has 0 aromatic heterocycles. The average molecular weight is 279 g/mol. The number of alkyl halides is 1. The molecule has 0 N–H and O–H groups in total. The van der Waals surface area contributed by atoms with Crippen molar-refractivity contribution in [3.05, 3.63) is 0 Å². The highest BCUT2D eigenvalue weighted by Crippen LogP contribution is 2.33. The lowest BCUT2D eigenvalue weighted by molar-refractivity contribution is -0.0579. The van der Waals surface area contributed by atoms with Gasteiger partial charge in [0.05, 0.1) is 12.7 Å². The number of halogens is 1. The number of hydrogen-bond acceptors (Lipinski definition) is 2. The Hall–Kier alpha value is 0.400. The van der Waals surface area contributed by atoms with Crippen molar-refractivity contribution in [2.45, 2.75) is 39.7 Å². The SMILES string of the molecule is CC(C)C(C)OCC1(CBr)CCOCC1. The molecule has 1 atom stereocenters. The average Bonchev–Trinajstić information content (AvgIpc) is 2.27. The molecular weight excluding hydrogens is 256 g/mol. The fraction of sp³-hybridized carbons (Fsp3) is 1.00. The van der Waals surface area contributed by atoms with Crippen molar-refractivity contribution in [2.24, 2.45) is 11.3 Å². The Morgan fingerprint density at radius 1 is 1.27 bits per heavy atom. The van der Waals surface area contributed by atoms with Gasteiger partial charge in [-0.25, -0.2) is 0 Å². The zero-order chi connectivity index (χ0) is 11.3. The molecule has 1 heterocycles. The monoisotopic (exact) mass is 278 g/mol. The normalized spacial score (nSPS) is 23.0. The molecule has 2 nitrogen and oxygen atoms in total. The van der Waals surface area contributed by atoms with Crippen molar-refractivity contribution in [1.29, 1.82) is 0 Å². The van der Waals surface area contributed by atoms with Crippen LogP contribution in [0, 0.1) is 11.3 Å². The Bertz CT molecular complexity index is 176. The molecule has 1 rings (SSSR count). The van der Waals surface area contributed by atoms with E-state index in [9.17, 15) is 0 Å². The summed E-state index contributed by atoms with van der Waals surface area (Å²) in [6.45, 7) is 9.19. The van der Waals surface area contributed by atoms with Crippen LogP contribution >= 0.6 is 15.9 Å². The molecule has 0 amide bonds. The molecule has 0 radical (unpaired) electrons. The van der Waals surface area contributed by atoms with Crippen LogP contribution in [0.3, 0.4) is 0 Å². The maximum atomic E-state index is 5.95. The van der Waals surface area contributed by atoms with Gasteiger partial charge in [0.25, 0.3) is 0 Å². The predicted molar refractivity (Wildman–Crippen MR) is 66.5 cm³/mol. The topological polar surface area (TPSA) is 18.5 Å². The highest BCUT2D eigenvalue weighted by Gasteiger charge is 2.32. The quantitative estimate of drug-likeness (QED) is 0.719. The highest BCUT2D eigenvalue weighted by atomic mass is 79.9. The summed E-state index contributed by atoms with van der Waals surface area (Å²) in [5, 5.41) is 1.02. The summed E-state index contributed by atoms with van der Waals surface area (Å²) in [5.41, 5.74) is 0.307. The third-order valence-electron chi connectivity index (χ3n) is 3.43. The van der Waals surface area contributed by atoms with Crippen LogP contribution < -0.4 is 0 Å². The number of rotatable bonds is 5. The van der Waals surface area contributed by atoms with Gasteiger partial charge in [-0.3, -0.25) is 0 Å². The lowest BCUT2D eigenvalue weighted by Crippen LogP contribution is -2.37. The van der Waals surface area contributed by atoms with Crippen LogP contribution in [0.1, 0.15) is 33.6 Å². The van der Waals surface area contributed by atoms with Gasteiger partial charge in [-0.2, -0.15) is 0 Å². The minimum Gasteiger partial charge on any atom is -0.381 e. The van der Waals surface area contributed by atoms with Crippen LogP contribution in [0.25, 0.3) is 0 Å². The van der Waals surface area contributed by atoms with Crippen LogP contribution in [0.15, 0.2) is 0 Å². The van der Waals surface area contributed by atoms with Crippen molar-refractivity contribution >= 4 is 15.9 Å². The first-order valence-electron chi connectivity index (χ1n) is 5.85. The van der Waals surface area contributed by atoms with Gasteiger partial charge in [-0.1, -0.05) is 29.8 Å². The van der Waals surface area contributed by atoms with E-state index < -0.39 is 0 Å². The van der Waals surface area contributed by atoms with E-state index in [-0.39, 0.29) is 0 Å². The molecule has 0 aromatic rings. The molecule has 1 aliphatic heterocycles. The number of hydrogen-bond donors (Lipinski definition) is 0. The zero-order valence-corrected chi connectivity index (χ0v) is 11.7. The van der Waals surface area contributed by atoms with Gasteiger partial charge < -0.3 is 9.47 Å². The molecule has 1 saturated heterocycles. The Kier molecular flexibility index (Phi) is 5.58. The van der Waals surface area contributed by atoms with E-state index in [0.717, 1.165) is 38.0 Å². The second-order valence-corrected chi connectivity index (χ2v) is 5.57. The van der Waals surface area contributed by atoms with Crippen LogP contribution in [0.5, 0.6) is 0 Å². The van der Waals surface area contributed by atoms with Crippen LogP contribution in [0.4, 0.5) is 0 Å². The summed E-state index contributed by atoms with van der Waals surface area (Å²) in [5.74, 6) is 0.595. The van der Waals surface area contributed by atoms with Gasteiger partial charge in [0.2, 0.25) is 0 Å². The fourth-order valence-corrected chi connectivity index (χ4v) is 2.34. The molecule has 0 spiro atoms. The van der Waals surface area contributed by atoms with E-state index in [4.69, 9.17) is 9.47 Å². The molecule has 0 aliphatic carbocycles. The van der Waals surface area contributed by atoms with E-state index in [1.54, 1.807) is 0 Å². The third kappa shape index (κ3) is 4.04. The molecular formula is C12H23BrO2. The maximum Gasteiger partial charge on any atom is 0.0570 e. The summed E-state index contributed by atoms with van der Waals surface area (Å²) in [6.07, 6.45) is 2.58. The van der Waals surface area contributed by atoms with Crippen LogP contribution in [-0.4, -0.2) is 31.3 Å². The van der Waals surface area contributed by atoms with Crippen LogP contribution in [0.2, 0.25) is 0 Å². The largest absolute Gasteiger partial charge is 0.381 e. The van der Waals surface area contributed by atoms with Crippen molar-refractivity contribution in [1.82, 2.24) is 0 Å². The lowest BCUT2D eigenvalue weighted by atomic mass is 9.83. The second kappa shape index (κ2) is 6.21. The van der Waals surface area contributed by atoms with Gasteiger partial charge in [-0.05, 0) is 25.7 Å². The number of ether oxygens (including phenoxy) is 2. The minimum atomic E-state index is 0.307. The van der Waals surface area contributed by atoms with Gasteiger partial charge >= 0.3 is 0 Å². The Balaban J connectivity index is 2.38.